The summed E-state index contributed by atoms with van der Waals surface area (Å²) in [4.78, 5) is 0. The fraction of sp³-hybridized carbons (Fsp3) is 0.375. The van der Waals surface area contributed by atoms with Gasteiger partial charge in [-0.2, -0.15) is 0 Å². The Hall–Kier alpha value is -1.38. The monoisotopic (exact) mass is 243 g/mol. The lowest BCUT2D eigenvalue weighted by Crippen LogP contribution is -2.37. The highest BCUT2D eigenvalue weighted by Gasteiger charge is 2.18. The van der Waals surface area contributed by atoms with Crippen LogP contribution in [-0.4, -0.2) is 17.9 Å². The zero-order valence-corrected chi connectivity index (χ0v) is 10.7. The molecule has 0 saturated carbocycles. The third-order valence-corrected chi connectivity index (χ3v) is 3.38. The zero-order chi connectivity index (χ0) is 12.8. The Balaban J connectivity index is 2.10. The Bertz CT molecular complexity index is 425. The fourth-order valence-corrected chi connectivity index (χ4v) is 2.40. The molecule has 18 heavy (non-hydrogen) atoms. The van der Waals surface area contributed by atoms with Crippen molar-refractivity contribution >= 4 is 6.08 Å². The van der Waals surface area contributed by atoms with E-state index in [0.717, 1.165) is 19.3 Å². The molecule has 0 fully saturated rings. The van der Waals surface area contributed by atoms with Crippen LogP contribution < -0.4 is 5.32 Å². The standard InChI is InChI=1S/C16H21NO/c1-2-10-17-16(18)15-9-4-3-6-13-7-5-8-14(11-13)12-15/h2-3,5-8,11,15-18H,1,4,9-10,12H2/b6-3-. The van der Waals surface area contributed by atoms with Crippen molar-refractivity contribution in [2.75, 3.05) is 6.54 Å². The van der Waals surface area contributed by atoms with Gasteiger partial charge in [0.2, 0.25) is 0 Å². The third-order valence-electron chi connectivity index (χ3n) is 3.38. The predicted octanol–water partition coefficient (Wildman–Crippen LogP) is 2.75. The minimum Gasteiger partial charge on any atom is -0.378 e. The van der Waals surface area contributed by atoms with E-state index in [9.17, 15) is 5.11 Å². The van der Waals surface area contributed by atoms with E-state index in [1.54, 1.807) is 6.08 Å². The summed E-state index contributed by atoms with van der Waals surface area (Å²) in [5, 5.41) is 13.3. The van der Waals surface area contributed by atoms with E-state index in [1.165, 1.54) is 11.1 Å². The first kappa shape index (κ1) is 13.1. The molecule has 1 aliphatic carbocycles. The van der Waals surface area contributed by atoms with Crippen LogP contribution in [0.15, 0.2) is 43.0 Å². The Labute approximate surface area is 109 Å². The van der Waals surface area contributed by atoms with Crippen molar-refractivity contribution in [3.05, 3.63) is 54.1 Å². The highest BCUT2D eigenvalue weighted by molar-refractivity contribution is 5.50. The molecule has 0 heterocycles. The number of hydrogen-bond donors (Lipinski definition) is 2. The van der Waals surface area contributed by atoms with Crippen molar-refractivity contribution in [2.24, 2.45) is 5.92 Å². The normalized spacial score (nSPS) is 22.4. The van der Waals surface area contributed by atoms with Crippen LogP contribution in [0.1, 0.15) is 24.0 Å². The van der Waals surface area contributed by atoms with E-state index in [-0.39, 0.29) is 5.92 Å². The molecule has 1 aromatic carbocycles. The van der Waals surface area contributed by atoms with Crippen molar-refractivity contribution in [3.8, 4) is 0 Å². The summed E-state index contributed by atoms with van der Waals surface area (Å²) in [5.41, 5.74) is 2.55. The van der Waals surface area contributed by atoms with Crippen molar-refractivity contribution in [3.63, 3.8) is 0 Å². The lowest BCUT2D eigenvalue weighted by Gasteiger charge is -2.23. The molecule has 2 heteroatoms. The Morgan fingerprint density at radius 2 is 2.39 bits per heavy atom. The molecule has 2 N–H and O–H groups in total. The molecule has 0 spiro atoms. The van der Waals surface area contributed by atoms with Crippen LogP contribution in [-0.2, 0) is 6.42 Å². The van der Waals surface area contributed by atoms with Gasteiger partial charge >= 0.3 is 0 Å². The maximum absolute atomic E-state index is 10.2. The van der Waals surface area contributed by atoms with Gasteiger partial charge in [-0.25, -0.2) is 0 Å². The Kier molecular flexibility index (Phi) is 4.73. The molecule has 2 rings (SSSR count). The van der Waals surface area contributed by atoms with E-state index in [0.29, 0.717) is 6.54 Å². The number of benzene rings is 1. The number of allylic oxidation sites excluding steroid dienone is 1. The van der Waals surface area contributed by atoms with Gasteiger partial charge < -0.3 is 5.11 Å². The summed E-state index contributed by atoms with van der Waals surface area (Å²) in [7, 11) is 0. The molecule has 0 aromatic heterocycles. The average Bonchev–Trinajstić information content (AvgIpc) is 2.45. The lowest BCUT2D eigenvalue weighted by molar-refractivity contribution is 0.0741. The van der Waals surface area contributed by atoms with Crippen LogP contribution in [0.25, 0.3) is 6.08 Å². The average molecular weight is 243 g/mol. The molecule has 2 nitrogen and oxygen atoms in total. The first-order valence-electron chi connectivity index (χ1n) is 6.57. The summed E-state index contributed by atoms with van der Waals surface area (Å²) in [5.74, 6) is 0.253. The fourth-order valence-electron chi connectivity index (χ4n) is 2.40. The maximum Gasteiger partial charge on any atom is 0.108 e. The summed E-state index contributed by atoms with van der Waals surface area (Å²) in [6.45, 7) is 4.31. The topological polar surface area (TPSA) is 32.3 Å². The minimum absolute atomic E-state index is 0.253. The molecule has 1 aromatic rings. The first-order valence-corrected chi connectivity index (χ1v) is 6.57. The number of fused-ring (bicyclic) bond motifs is 2. The largest absolute Gasteiger partial charge is 0.378 e. The molecular formula is C16H21NO. The van der Waals surface area contributed by atoms with Gasteiger partial charge in [0.25, 0.3) is 0 Å². The number of hydrogen-bond acceptors (Lipinski definition) is 2. The predicted molar refractivity (Wildman–Crippen MR) is 76.1 cm³/mol. The van der Waals surface area contributed by atoms with Crippen LogP contribution in [0, 0.1) is 5.92 Å². The van der Waals surface area contributed by atoms with Crippen molar-refractivity contribution in [1.82, 2.24) is 5.32 Å². The number of nitrogens with one attached hydrogen (secondary N) is 1. The molecular weight excluding hydrogens is 222 g/mol. The SMILES string of the molecule is C=CCNC(O)C1CC/C=C\c2cccc(c2)C1. The van der Waals surface area contributed by atoms with Gasteiger partial charge in [-0.15, -0.1) is 6.58 Å². The summed E-state index contributed by atoms with van der Waals surface area (Å²) >= 11 is 0. The van der Waals surface area contributed by atoms with E-state index in [4.69, 9.17) is 0 Å². The molecule has 1 aliphatic rings. The van der Waals surface area contributed by atoms with Crippen molar-refractivity contribution < 1.29 is 5.11 Å². The van der Waals surface area contributed by atoms with Crippen LogP contribution in [0.3, 0.4) is 0 Å². The third kappa shape index (κ3) is 3.56. The van der Waals surface area contributed by atoms with Gasteiger partial charge in [-0.3, -0.25) is 5.32 Å². The minimum atomic E-state index is -0.460. The second-order valence-electron chi connectivity index (χ2n) is 4.83. The van der Waals surface area contributed by atoms with E-state index in [1.807, 2.05) is 0 Å². The molecule has 0 saturated heterocycles. The summed E-state index contributed by atoms with van der Waals surface area (Å²) in [6.07, 6.45) is 8.60. The van der Waals surface area contributed by atoms with Crippen LogP contribution in [0.4, 0.5) is 0 Å². The molecule has 0 aliphatic heterocycles. The van der Waals surface area contributed by atoms with E-state index < -0.39 is 6.23 Å². The molecule has 96 valence electrons. The molecule has 0 radical (unpaired) electrons. The highest BCUT2D eigenvalue weighted by Crippen LogP contribution is 2.21. The van der Waals surface area contributed by atoms with Gasteiger partial charge in [0.15, 0.2) is 0 Å². The smallest absolute Gasteiger partial charge is 0.108 e. The van der Waals surface area contributed by atoms with Crippen LogP contribution in [0.5, 0.6) is 0 Å². The quantitative estimate of drug-likeness (QED) is 0.629. The van der Waals surface area contributed by atoms with Gasteiger partial charge in [-0.1, -0.05) is 42.5 Å². The number of rotatable bonds is 4. The van der Waals surface area contributed by atoms with E-state index in [2.05, 4.69) is 48.3 Å². The second-order valence-corrected chi connectivity index (χ2v) is 4.83. The summed E-state index contributed by atoms with van der Waals surface area (Å²) in [6, 6.07) is 8.54. The number of aliphatic hydroxyl groups is 1. The maximum atomic E-state index is 10.2. The van der Waals surface area contributed by atoms with Crippen LogP contribution >= 0.6 is 0 Å². The van der Waals surface area contributed by atoms with Crippen molar-refractivity contribution in [2.45, 2.75) is 25.5 Å². The Morgan fingerprint density at radius 1 is 1.50 bits per heavy atom. The van der Waals surface area contributed by atoms with Gasteiger partial charge in [0.05, 0.1) is 0 Å². The highest BCUT2D eigenvalue weighted by atomic mass is 16.3. The number of aliphatic hydroxyl groups excluding tert-OH is 1. The van der Waals surface area contributed by atoms with E-state index >= 15 is 0 Å². The molecule has 2 atom stereocenters. The molecule has 0 amide bonds. The van der Waals surface area contributed by atoms with Gasteiger partial charge in [0.1, 0.15) is 6.23 Å². The Morgan fingerprint density at radius 3 is 3.22 bits per heavy atom. The summed E-state index contributed by atoms with van der Waals surface area (Å²) < 4.78 is 0. The molecule has 2 bridgehead atoms. The molecule has 2 unspecified atom stereocenters. The lowest BCUT2D eigenvalue weighted by atomic mass is 9.93. The zero-order valence-electron chi connectivity index (χ0n) is 10.7. The van der Waals surface area contributed by atoms with Gasteiger partial charge in [-0.05, 0) is 30.4 Å². The van der Waals surface area contributed by atoms with Crippen LogP contribution in [0.2, 0.25) is 0 Å². The van der Waals surface area contributed by atoms with Crippen molar-refractivity contribution in [1.29, 1.82) is 0 Å². The van der Waals surface area contributed by atoms with Gasteiger partial charge in [0, 0.05) is 12.5 Å². The first-order chi connectivity index (χ1) is 8.79. The second kappa shape index (κ2) is 6.53.